The standard InChI is InChI=1S/C23H18BrN5O3S/c1-14-7-10-20-25-15(11-21(30)28(20)12-14)13-33-23-27-26-22(18-8-9-19(24)32-18)29(23)16-5-3-4-6-17(16)31-2/h3-12H,13H2,1-2H3. The summed E-state index contributed by atoms with van der Waals surface area (Å²) in [5.41, 5.74) is 2.92. The third kappa shape index (κ3) is 4.19. The minimum Gasteiger partial charge on any atom is -0.495 e. The largest absolute Gasteiger partial charge is 0.495 e. The van der Waals surface area contributed by atoms with Crippen LogP contribution in [0, 0.1) is 6.92 Å². The molecule has 4 aromatic heterocycles. The number of fused-ring (bicyclic) bond motifs is 1. The minimum absolute atomic E-state index is 0.119. The van der Waals surface area contributed by atoms with E-state index in [1.807, 2.05) is 54.0 Å². The molecule has 0 unspecified atom stereocenters. The number of pyridine rings is 1. The molecule has 0 amide bonds. The van der Waals surface area contributed by atoms with Crippen molar-refractivity contribution in [3.63, 3.8) is 0 Å². The maximum absolute atomic E-state index is 12.6. The molecule has 166 valence electrons. The molecular formula is C23H18BrN5O3S. The predicted octanol–water partition coefficient (Wildman–Crippen LogP) is 4.91. The van der Waals surface area contributed by atoms with E-state index in [2.05, 4.69) is 31.1 Å². The van der Waals surface area contributed by atoms with Crippen LogP contribution in [0.4, 0.5) is 0 Å². The second kappa shape index (κ2) is 8.87. The Balaban J connectivity index is 1.55. The van der Waals surface area contributed by atoms with Crippen LogP contribution in [0.25, 0.3) is 22.9 Å². The van der Waals surface area contributed by atoms with Crippen molar-refractivity contribution in [1.29, 1.82) is 0 Å². The van der Waals surface area contributed by atoms with Crippen LogP contribution < -0.4 is 10.3 Å². The van der Waals surface area contributed by atoms with Crippen LogP contribution in [0.1, 0.15) is 11.3 Å². The van der Waals surface area contributed by atoms with Crippen molar-refractivity contribution in [2.75, 3.05) is 7.11 Å². The summed E-state index contributed by atoms with van der Waals surface area (Å²) in [4.78, 5) is 17.2. The molecule has 1 aromatic carbocycles. The van der Waals surface area contributed by atoms with Gasteiger partial charge in [-0.2, -0.15) is 0 Å². The summed E-state index contributed by atoms with van der Waals surface area (Å²) >= 11 is 4.77. The third-order valence-corrected chi connectivity index (χ3v) is 6.35. The lowest BCUT2D eigenvalue weighted by atomic mass is 10.3. The van der Waals surface area contributed by atoms with E-state index in [1.54, 1.807) is 29.8 Å². The Kier molecular flexibility index (Phi) is 5.77. The first kappa shape index (κ1) is 21.5. The molecule has 0 saturated heterocycles. The number of furan rings is 1. The molecule has 0 aliphatic heterocycles. The maximum Gasteiger partial charge on any atom is 0.258 e. The topological polar surface area (TPSA) is 87.5 Å². The summed E-state index contributed by atoms with van der Waals surface area (Å²) in [7, 11) is 1.62. The number of hydrogen-bond acceptors (Lipinski definition) is 7. The molecule has 5 rings (SSSR count). The highest BCUT2D eigenvalue weighted by Crippen LogP contribution is 2.34. The number of halogens is 1. The van der Waals surface area contributed by atoms with E-state index in [0.717, 1.165) is 11.3 Å². The van der Waals surface area contributed by atoms with Crippen molar-refractivity contribution in [2.24, 2.45) is 0 Å². The van der Waals surface area contributed by atoms with Crippen LogP contribution in [-0.4, -0.2) is 31.3 Å². The molecule has 0 aliphatic carbocycles. The van der Waals surface area contributed by atoms with Crippen LogP contribution in [0.2, 0.25) is 0 Å². The molecule has 0 bridgehead atoms. The summed E-state index contributed by atoms with van der Waals surface area (Å²) in [6.07, 6.45) is 1.79. The number of rotatable bonds is 6. The molecule has 5 aromatic rings. The molecule has 0 fully saturated rings. The SMILES string of the molecule is COc1ccccc1-n1c(SCc2cc(=O)n3cc(C)ccc3n2)nnc1-c1ccc(Br)o1. The molecule has 10 heteroatoms. The third-order valence-electron chi connectivity index (χ3n) is 4.96. The van der Waals surface area contributed by atoms with E-state index >= 15 is 0 Å². The van der Waals surface area contributed by atoms with E-state index in [4.69, 9.17) is 9.15 Å². The van der Waals surface area contributed by atoms with Gasteiger partial charge in [0.1, 0.15) is 11.4 Å². The number of benzene rings is 1. The lowest BCUT2D eigenvalue weighted by Crippen LogP contribution is -2.15. The normalized spacial score (nSPS) is 11.2. The van der Waals surface area contributed by atoms with Crippen LogP contribution in [0.5, 0.6) is 5.75 Å². The zero-order valence-corrected chi connectivity index (χ0v) is 20.1. The Morgan fingerprint density at radius 1 is 1.12 bits per heavy atom. The zero-order valence-electron chi connectivity index (χ0n) is 17.7. The molecule has 8 nitrogen and oxygen atoms in total. The first-order chi connectivity index (χ1) is 16.0. The molecule has 0 spiro atoms. The Bertz CT molecular complexity index is 1520. The molecule has 0 radical (unpaired) electrons. The van der Waals surface area contributed by atoms with Crippen LogP contribution in [-0.2, 0) is 5.75 Å². The van der Waals surface area contributed by atoms with Gasteiger partial charge in [0, 0.05) is 18.0 Å². The van der Waals surface area contributed by atoms with Crippen molar-refractivity contribution in [3.8, 4) is 23.0 Å². The van der Waals surface area contributed by atoms with Crippen molar-refractivity contribution >= 4 is 33.3 Å². The number of ether oxygens (including phenoxy) is 1. The van der Waals surface area contributed by atoms with Gasteiger partial charge in [-0.3, -0.25) is 13.8 Å². The van der Waals surface area contributed by atoms with Gasteiger partial charge in [-0.15, -0.1) is 10.2 Å². The highest BCUT2D eigenvalue weighted by molar-refractivity contribution is 9.10. The van der Waals surface area contributed by atoms with Gasteiger partial charge < -0.3 is 9.15 Å². The van der Waals surface area contributed by atoms with Crippen LogP contribution >= 0.6 is 27.7 Å². The molecule has 0 atom stereocenters. The molecule has 0 saturated carbocycles. The van der Waals surface area contributed by atoms with Gasteiger partial charge >= 0.3 is 0 Å². The number of methoxy groups -OCH3 is 1. The van der Waals surface area contributed by atoms with Gasteiger partial charge in [0.15, 0.2) is 15.6 Å². The van der Waals surface area contributed by atoms with E-state index < -0.39 is 0 Å². The van der Waals surface area contributed by atoms with Gasteiger partial charge in [-0.1, -0.05) is 30.0 Å². The Morgan fingerprint density at radius 2 is 1.97 bits per heavy atom. The van der Waals surface area contributed by atoms with Crippen molar-refractivity contribution in [3.05, 3.63) is 87.1 Å². The van der Waals surface area contributed by atoms with Crippen LogP contribution in [0.15, 0.2) is 79.8 Å². The van der Waals surface area contributed by atoms with Crippen LogP contribution in [0.3, 0.4) is 0 Å². The van der Waals surface area contributed by atoms with Crippen molar-refractivity contribution < 1.29 is 9.15 Å². The van der Waals surface area contributed by atoms with E-state index in [1.165, 1.54) is 11.8 Å². The fourth-order valence-electron chi connectivity index (χ4n) is 3.46. The second-order valence-corrected chi connectivity index (χ2v) is 8.95. The average molecular weight is 524 g/mol. The fraction of sp³-hybridized carbons (Fsp3) is 0.130. The first-order valence-corrected chi connectivity index (χ1v) is 11.8. The predicted molar refractivity (Wildman–Crippen MR) is 129 cm³/mol. The summed E-state index contributed by atoms with van der Waals surface area (Å²) < 4.78 is 15.3. The Hall–Kier alpha value is -3.37. The number of nitrogens with zero attached hydrogens (tertiary/aromatic N) is 5. The van der Waals surface area contributed by atoms with E-state index in [9.17, 15) is 4.79 Å². The lowest BCUT2D eigenvalue weighted by Gasteiger charge is -2.13. The van der Waals surface area contributed by atoms with Crippen molar-refractivity contribution in [1.82, 2.24) is 24.1 Å². The molecule has 4 heterocycles. The first-order valence-electron chi connectivity index (χ1n) is 10.00. The highest BCUT2D eigenvalue weighted by atomic mass is 79.9. The smallest absolute Gasteiger partial charge is 0.258 e. The molecular weight excluding hydrogens is 506 g/mol. The summed E-state index contributed by atoms with van der Waals surface area (Å²) in [5.74, 6) is 2.21. The average Bonchev–Trinajstić information content (AvgIpc) is 3.44. The van der Waals surface area contributed by atoms with Gasteiger partial charge in [-0.05, 0) is 58.7 Å². The number of aryl methyl sites for hydroxylation is 1. The summed E-state index contributed by atoms with van der Waals surface area (Å²) in [5, 5.41) is 9.39. The number of thioether (sulfide) groups is 1. The van der Waals surface area contributed by atoms with E-state index in [-0.39, 0.29) is 5.56 Å². The van der Waals surface area contributed by atoms with E-state index in [0.29, 0.717) is 44.3 Å². The zero-order chi connectivity index (χ0) is 22.9. The Labute approximate surface area is 201 Å². The minimum atomic E-state index is -0.119. The maximum atomic E-state index is 12.6. The van der Waals surface area contributed by atoms with Gasteiger partial charge in [0.25, 0.3) is 5.56 Å². The van der Waals surface area contributed by atoms with Gasteiger partial charge in [-0.25, -0.2) is 4.98 Å². The highest BCUT2D eigenvalue weighted by Gasteiger charge is 2.21. The van der Waals surface area contributed by atoms with Crippen molar-refractivity contribution in [2.45, 2.75) is 17.8 Å². The Morgan fingerprint density at radius 3 is 2.76 bits per heavy atom. The number of para-hydroxylation sites is 2. The van der Waals surface area contributed by atoms with Gasteiger partial charge in [0.2, 0.25) is 5.82 Å². The molecule has 0 aliphatic rings. The summed E-state index contributed by atoms with van der Waals surface area (Å²) in [6, 6.07) is 16.6. The number of hydrogen-bond donors (Lipinski definition) is 0. The summed E-state index contributed by atoms with van der Waals surface area (Å²) in [6.45, 7) is 1.94. The number of aromatic nitrogens is 5. The second-order valence-electron chi connectivity index (χ2n) is 7.23. The quantitative estimate of drug-likeness (QED) is 0.292. The molecule has 0 N–H and O–H groups in total. The van der Waals surface area contributed by atoms with Gasteiger partial charge in [0.05, 0.1) is 18.5 Å². The lowest BCUT2D eigenvalue weighted by molar-refractivity contribution is 0.412. The fourth-order valence-corrected chi connectivity index (χ4v) is 4.60. The molecule has 33 heavy (non-hydrogen) atoms. The monoisotopic (exact) mass is 523 g/mol.